The van der Waals surface area contributed by atoms with Gasteiger partial charge in [0.25, 0.3) is 5.91 Å². The summed E-state index contributed by atoms with van der Waals surface area (Å²) in [6.45, 7) is 0.249. The van der Waals surface area contributed by atoms with Crippen molar-refractivity contribution in [2.24, 2.45) is 0 Å². The van der Waals surface area contributed by atoms with Gasteiger partial charge in [-0.3, -0.25) is 4.79 Å². The maximum Gasteiger partial charge on any atom is 0.336 e. The number of nitrogens with one attached hydrogen (secondary N) is 1. The Morgan fingerprint density at radius 2 is 1.55 bits per heavy atom. The molecule has 6 heteroatoms. The van der Waals surface area contributed by atoms with Crippen molar-refractivity contribution in [1.29, 1.82) is 0 Å². The third-order valence-electron chi connectivity index (χ3n) is 3.04. The highest BCUT2D eigenvalue weighted by atomic mass is 16.4. The highest BCUT2D eigenvalue weighted by Gasteiger charge is 2.18. The fraction of sp³-hybridized carbons (Fsp3) is 0.0625. The average Bonchev–Trinajstić information content (AvgIpc) is 2.52. The van der Waals surface area contributed by atoms with Crippen LogP contribution in [0.25, 0.3) is 0 Å². The summed E-state index contributed by atoms with van der Waals surface area (Å²) in [5.74, 6) is -3.18. The van der Waals surface area contributed by atoms with Crippen LogP contribution in [0.2, 0.25) is 0 Å². The number of carboxylic acids is 2. The van der Waals surface area contributed by atoms with E-state index in [0.717, 1.165) is 11.6 Å². The molecule has 112 valence electrons. The zero-order chi connectivity index (χ0) is 16.1. The van der Waals surface area contributed by atoms with Crippen LogP contribution in [0.3, 0.4) is 0 Å². The minimum atomic E-state index is -1.35. The fourth-order valence-electron chi connectivity index (χ4n) is 1.93. The van der Waals surface area contributed by atoms with Gasteiger partial charge in [-0.1, -0.05) is 30.3 Å². The second-order valence-electron chi connectivity index (χ2n) is 4.54. The molecule has 0 fully saturated rings. The quantitative estimate of drug-likeness (QED) is 0.783. The van der Waals surface area contributed by atoms with Gasteiger partial charge < -0.3 is 15.5 Å². The van der Waals surface area contributed by atoms with Gasteiger partial charge in [-0.2, -0.15) is 0 Å². The van der Waals surface area contributed by atoms with Gasteiger partial charge in [0.2, 0.25) is 0 Å². The number of hydrogen-bond donors (Lipinski definition) is 3. The van der Waals surface area contributed by atoms with Crippen LogP contribution in [-0.4, -0.2) is 28.1 Å². The van der Waals surface area contributed by atoms with Crippen LogP contribution < -0.4 is 5.32 Å². The first-order valence-corrected chi connectivity index (χ1v) is 6.42. The molecule has 0 radical (unpaired) electrons. The van der Waals surface area contributed by atoms with Crippen molar-refractivity contribution in [2.75, 3.05) is 0 Å². The topological polar surface area (TPSA) is 104 Å². The first-order chi connectivity index (χ1) is 10.5. The van der Waals surface area contributed by atoms with Crippen molar-refractivity contribution in [3.63, 3.8) is 0 Å². The Morgan fingerprint density at radius 3 is 2.14 bits per heavy atom. The number of carbonyl (C=O) groups is 3. The van der Waals surface area contributed by atoms with Gasteiger partial charge in [0.15, 0.2) is 0 Å². The zero-order valence-corrected chi connectivity index (χ0v) is 11.4. The Kier molecular flexibility index (Phi) is 4.53. The first kappa shape index (κ1) is 15.2. The van der Waals surface area contributed by atoms with Crippen molar-refractivity contribution >= 4 is 17.8 Å². The molecule has 0 spiro atoms. The summed E-state index contributed by atoms with van der Waals surface area (Å²) < 4.78 is 0. The predicted molar refractivity (Wildman–Crippen MR) is 78.0 cm³/mol. The van der Waals surface area contributed by atoms with Crippen LogP contribution in [0.15, 0.2) is 48.5 Å². The molecule has 22 heavy (non-hydrogen) atoms. The fourth-order valence-corrected chi connectivity index (χ4v) is 1.93. The van der Waals surface area contributed by atoms with E-state index in [0.29, 0.717) is 0 Å². The molecule has 3 N–H and O–H groups in total. The summed E-state index contributed by atoms with van der Waals surface area (Å²) >= 11 is 0. The minimum Gasteiger partial charge on any atom is -0.478 e. The molecule has 0 unspecified atom stereocenters. The summed E-state index contributed by atoms with van der Waals surface area (Å²) in [6, 6.07) is 12.5. The Labute approximate surface area is 126 Å². The molecule has 0 aromatic heterocycles. The SMILES string of the molecule is O=C(O)c1ccc(C(=O)NCc2ccccc2)c(C(=O)O)c1. The van der Waals surface area contributed by atoms with Crippen molar-refractivity contribution < 1.29 is 24.6 Å². The number of aromatic carboxylic acids is 2. The van der Waals surface area contributed by atoms with E-state index in [9.17, 15) is 14.4 Å². The minimum absolute atomic E-state index is 0.0755. The summed E-state index contributed by atoms with van der Waals surface area (Å²) in [4.78, 5) is 34.2. The molecular formula is C16H13NO5. The molecule has 0 saturated heterocycles. The van der Waals surface area contributed by atoms with Crippen LogP contribution in [0.4, 0.5) is 0 Å². The van der Waals surface area contributed by atoms with Crippen molar-refractivity contribution in [2.45, 2.75) is 6.54 Å². The van der Waals surface area contributed by atoms with Gasteiger partial charge in [0.05, 0.1) is 16.7 Å². The summed E-state index contributed by atoms with van der Waals surface area (Å²) in [5.41, 5.74) is 0.269. The second kappa shape index (κ2) is 6.53. The zero-order valence-electron chi connectivity index (χ0n) is 11.4. The first-order valence-electron chi connectivity index (χ1n) is 6.42. The molecule has 0 aliphatic carbocycles. The van der Waals surface area contributed by atoms with Crippen molar-refractivity contribution in [3.8, 4) is 0 Å². The van der Waals surface area contributed by atoms with Gasteiger partial charge in [0.1, 0.15) is 0 Å². The third kappa shape index (κ3) is 3.49. The number of hydrogen-bond acceptors (Lipinski definition) is 3. The van der Waals surface area contributed by atoms with Crippen molar-refractivity contribution in [1.82, 2.24) is 5.32 Å². The molecule has 2 rings (SSSR count). The number of carbonyl (C=O) groups excluding carboxylic acids is 1. The standard InChI is InChI=1S/C16H13NO5/c18-14(17-9-10-4-2-1-3-5-10)12-7-6-11(15(19)20)8-13(12)16(21)22/h1-8H,9H2,(H,17,18)(H,19,20)(H,21,22). The number of benzene rings is 2. The van der Waals surface area contributed by atoms with Gasteiger partial charge in [-0.15, -0.1) is 0 Å². The maximum absolute atomic E-state index is 12.1. The molecule has 2 aromatic rings. The lowest BCUT2D eigenvalue weighted by Crippen LogP contribution is -2.25. The molecule has 0 saturated carbocycles. The molecule has 0 atom stereocenters. The Balaban J connectivity index is 2.22. The van der Waals surface area contributed by atoms with Crippen LogP contribution >= 0.6 is 0 Å². The largest absolute Gasteiger partial charge is 0.478 e. The second-order valence-corrected chi connectivity index (χ2v) is 4.54. The maximum atomic E-state index is 12.1. The molecule has 2 aromatic carbocycles. The number of carboxylic acid groups (broad SMARTS) is 2. The lowest BCUT2D eigenvalue weighted by atomic mass is 10.0. The Morgan fingerprint density at radius 1 is 0.864 bits per heavy atom. The van der Waals surface area contributed by atoms with E-state index in [1.54, 1.807) is 0 Å². The van der Waals surface area contributed by atoms with E-state index in [2.05, 4.69) is 5.32 Å². The van der Waals surface area contributed by atoms with E-state index in [-0.39, 0.29) is 23.2 Å². The highest BCUT2D eigenvalue weighted by molar-refractivity contribution is 6.06. The summed E-state index contributed by atoms with van der Waals surface area (Å²) in [6.07, 6.45) is 0. The molecule has 0 bridgehead atoms. The van der Waals surface area contributed by atoms with E-state index < -0.39 is 17.8 Å². The Bertz CT molecular complexity index is 725. The predicted octanol–water partition coefficient (Wildman–Crippen LogP) is 2.01. The average molecular weight is 299 g/mol. The normalized spacial score (nSPS) is 10.0. The van der Waals surface area contributed by atoms with Crippen LogP contribution in [0, 0.1) is 0 Å². The van der Waals surface area contributed by atoms with E-state index in [1.165, 1.54) is 12.1 Å². The molecular weight excluding hydrogens is 286 g/mol. The lowest BCUT2D eigenvalue weighted by Gasteiger charge is -2.08. The monoisotopic (exact) mass is 299 g/mol. The van der Waals surface area contributed by atoms with Gasteiger partial charge >= 0.3 is 11.9 Å². The van der Waals surface area contributed by atoms with Crippen molar-refractivity contribution in [3.05, 3.63) is 70.8 Å². The van der Waals surface area contributed by atoms with Gasteiger partial charge in [-0.25, -0.2) is 9.59 Å². The molecule has 0 aliphatic heterocycles. The van der Waals surface area contributed by atoms with Gasteiger partial charge in [-0.05, 0) is 23.8 Å². The summed E-state index contributed by atoms with van der Waals surface area (Å²) in [7, 11) is 0. The van der Waals surface area contributed by atoms with Crippen LogP contribution in [-0.2, 0) is 6.54 Å². The number of rotatable bonds is 5. The Hall–Kier alpha value is -3.15. The summed E-state index contributed by atoms with van der Waals surface area (Å²) in [5, 5.41) is 20.6. The van der Waals surface area contributed by atoms with E-state index in [1.807, 2.05) is 30.3 Å². The number of amides is 1. The molecule has 0 aliphatic rings. The van der Waals surface area contributed by atoms with Crippen LogP contribution in [0.1, 0.15) is 36.6 Å². The van der Waals surface area contributed by atoms with E-state index >= 15 is 0 Å². The molecule has 6 nitrogen and oxygen atoms in total. The highest BCUT2D eigenvalue weighted by Crippen LogP contribution is 2.13. The third-order valence-corrected chi connectivity index (χ3v) is 3.04. The molecule has 0 heterocycles. The van der Waals surface area contributed by atoms with Crippen LogP contribution in [0.5, 0.6) is 0 Å². The molecule has 1 amide bonds. The van der Waals surface area contributed by atoms with E-state index in [4.69, 9.17) is 10.2 Å². The lowest BCUT2D eigenvalue weighted by molar-refractivity contribution is 0.0690. The van der Waals surface area contributed by atoms with Gasteiger partial charge in [0, 0.05) is 6.54 Å². The smallest absolute Gasteiger partial charge is 0.336 e.